The largest absolute Gasteiger partial charge is 0.507 e. The minimum absolute atomic E-state index is 0.0297. The number of carbonyl (C=O) groups is 1. The van der Waals surface area contributed by atoms with Gasteiger partial charge in [-0.25, -0.2) is 0 Å². The highest BCUT2D eigenvalue weighted by Crippen LogP contribution is 2.23. The molecule has 1 heterocycles. The van der Waals surface area contributed by atoms with E-state index in [2.05, 4.69) is 4.98 Å². The second-order valence-electron chi connectivity index (χ2n) is 6.69. The van der Waals surface area contributed by atoms with E-state index in [9.17, 15) is 14.7 Å². The first kappa shape index (κ1) is 17.2. The summed E-state index contributed by atoms with van der Waals surface area (Å²) in [5.41, 5.74) is 1.68. The van der Waals surface area contributed by atoms with Gasteiger partial charge in [0, 0.05) is 11.5 Å². The van der Waals surface area contributed by atoms with Gasteiger partial charge >= 0.3 is 0 Å². The van der Waals surface area contributed by atoms with Crippen LogP contribution in [-0.4, -0.2) is 15.9 Å². The van der Waals surface area contributed by atoms with Crippen molar-refractivity contribution in [3.05, 3.63) is 48.4 Å². The van der Waals surface area contributed by atoms with E-state index < -0.39 is 5.41 Å². The molecule has 5 heteroatoms. The van der Waals surface area contributed by atoms with Gasteiger partial charge in [0.25, 0.3) is 5.56 Å². The third kappa shape index (κ3) is 3.99. The highest BCUT2D eigenvalue weighted by atomic mass is 32.1. The van der Waals surface area contributed by atoms with E-state index >= 15 is 0 Å². The fourth-order valence-electron chi connectivity index (χ4n) is 2.08. The lowest BCUT2D eigenvalue weighted by atomic mass is 9.91. The Morgan fingerprint density at radius 1 is 1.22 bits per heavy atom. The summed E-state index contributed by atoms with van der Waals surface area (Å²) in [7, 11) is 0. The smallest absolute Gasteiger partial charge is 0.266 e. The van der Waals surface area contributed by atoms with Gasteiger partial charge in [0.05, 0.1) is 9.20 Å². The van der Waals surface area contributed by atoms with E-state index in [0.717, 1.165) is 16.7 Å². The van der Waals surface area contributed by atoms with Crippen LogP contribution in [0.4, 0.5) is 0 Å². The Bertz CT molecular complexity index is 903. The van der Waals surface area contributed by atoms with E-state index in [0.29, 0.717) is 9.20 Å². The molecule has 0 saturated carbocycles. The Kier molecular flexibility index (Phi) is 4.61. The highest BCUT2D eigenvalue weighted by molar-refractivity contribution is 7.07. The topological polar surface area (TPSA) is 70.2 Å². The number of rotatable bonds is 2. The van der Waals surface area contributed by atoms with Crippen molar-refractivity contribution in [2.45, 2.75) is 34.6 Å². The maximum Gasteiger partial charge on any atom is 0.266 e. The summed E-state index contributed by atoms with van der Waals surface area (Å²) in [5, 5.41) is 9.81. The first-order valence-electron chi connectivity index (χ1n) is 7.35. The summed E-state index contributed by atoms with van der Waals surface area (Å²) in [6.07, 6.45) is 3.25. The standard InChI is InChI=1S/C18H21NO3S/c1-10-6-12(7-11(2)16(10)21)8-13-17(22)19-15(23-13)9-14(20)18(3,4)5/h6-9,21H,1-5H3,(H,19,22). The van der Waals surface area contributed by atoms with E-state index in [1.807, 2.05) is 46.8 Å². The number of thiazole rings is 1. The molecule has 0 fully saturated rings. The molecule has 1 aromatic heterocycles. The number of hydrogen-bond donors (Lipinski definition) is 2. The maximum absolute atomic E-state index is 12.1. The number of H-pyrrole nitrogens is 1. The third-order valence-corrected chi connectivity index (χ3v) is 4.46. The summed E-state index contributed by atoms with van der Waals surface area (Å²) < 4.78 is 1.08. The van der Waals surface area contributed by atoms with Crippen LogP contribution in [0.2, 0.25) is 0 Å². The van der Waals surface area contributed by atoms with Crippen molar-refractivity contribution < 1.29 is 9.90 Å². The van der Waals surface area contributed by atoms with Crippen LogP contribution in [-0.2, 0) is 4.79 Å². The van der Waals surface area contributed by atoms with Gasteiger partial charge in [-0.3, -0.25) is 9.59 Å². The Morgan fingerprint density at radius 2 is 1.78 bits per heavy atom. The lowest BCUT2D eigenvalue weighted by Crippen LogP contribution is -2.22. The Morgan fingerprint density at radius 3 is 2.30 bits per heavy atom. The van der Waals surface area contributed by atoms with Crippen molar-refractivity contribution in [1.29, 1.82) is 0 Å². The summed E-state index contributed by atoms with van der Waals surface area (Å²) in [4.78, 5) is 26.8. The van der Waals surface area contributed by atoms with Crippen LogP contribution in [0.1, 0.15) is 37.5 Å². The fraction of sp³-hybridized carbons (Fsp3) is 0.333. The zero-order valence-electron chi connectivity index (χ0n) is 14.0. The van der Waals surface area contributed by atoms with Gasteiger partial charge in [-0.15, -0.1) is 11.3 Å². The van der Waals surface area contributed by atoms with Crippen LogP contribution in [0.15, 0.2) is 16.9 Å². The van der Waals surface area contributed by atoms with Gasteiger partial charge < -0.3 is 10.1 Å². The van der Waals surface area contributed by atoms with Crippen molar-refractivity contribution in [3.8, 4) is 5.75 Å². The zero-order chi connectivity index (χ0) is 17.4. The average Bonchev–Trinajstić information content (AvgIpc) is 2.75. The van der Waals surface area contributed by atoms with E-state index in [1.165, 1.54) is 17.4 Å². The number of aromatic hydroxyl groups is 1. The third-order valence-electron chi connectivity index (χ3n) is 3.49. The predicted octanol–water partition coefficient (Wildman–Crippen LogP) is 1.98. The van der Waals surface area contributed by atoms with E-state index in [1.54, 1.807) is 6.08 Å². The van der Waals surface area contributed by atoms with Gasteiger partial charge in [0.2, 0.25) is 0 Å². The van der Waals surface area contributed by atoms with Crippen LogP contribution in [0.25, 0.3) is 12.2 Å². The molecule has 2 N–H and O–H groups in total. The van der Waals surface area contributed by atoms with Crippen LogP contribution in [0.3, 0.4) is 0 Å². The van der Waals surface area contributed by atoms with Crippen molar-refractivity contribution in [3.63, 3.8) is 0 Å². The molecule has 122 valence electrons. The highest BCUT2D eigenvalue weighted by Gasteiger charge is 2.18. The van der Waals surface area contributed by atoms with Gasteiger partial charge in [0.15, 0.2) is 5.78 Å². The van der Waals surface area contributed by atoms with E-state index in [-0.39, 0.29) is 17.1 Å². The van der Waals surface area contributed by atoms with E-state index in [4.69, 9.17) is 0 Å². The Labute approximate surface area is 138 Å². The van der Waals surface area contributed by atoms with Crippen molar-refractivity contribution in [1.82, 2.24) is 4.98 Å². The minimum atomic E-state index is -0.476. The number of Topliss-reactive ketones (excluding diaryl/α,β-unsaturated/α-hetero) is 1. The zero-order valence-corrected chi connectivity index (χ0v) is 14.8. The van der Waals surface area contributed by atoms with Gasteiger partial charge in [-0.05, 0) is 48.7 Å². The molecule has 23 heavy (non-hydrogen) atoms. The molecule has 0 aliphatic carbocycles. The molecular formula is C18H21NO3S. The SMILES string of the molecule is Cc1cc(C=c2sc(=CC(=O)C(C)(C)C)[nH]c2=O)cc(C)c1O. The van der Waals surface area contributed by atoms with Crippen molar-refractivity contribution in [2.75, 3.05) is 0 Å². The summed E-state index contributed by atoms with van der Waals surface area (Å²) in [6, 6.07) is 3.65. The summed E-state index contributed by atoms with van der Waals surface area (Å²) in [6.45, 7) is 9.16. The van der Waals surface area contributed by atoms with Crippen molar-refractivity contribution in [2.24, 2.45) is 5.41 Å². The van der Waals surface area contributed by atoms with Crippen LogP contribution in [0.5, 0.6) is 5.75 Å². The number of carbonyl (C=O) groups excluding carboxylic acids is 1. The lowest BCUT2D eigenvalue weighted by molar-refractivity contribution is -0.119. The predicted molar refractivity (Wildman–Crippen MR) is 94.3 cm³/mol. The quantitative estimate of drug-likeness (QED) is 0.884. The summed E-state index contributed by atoms with van der Waals surface area (Å²) >= 11 is 1.25. The molecule has 0 bridgehead atoms. The number of ketones is 1. The monoisotopic (exact) mass is 331 g/mol. The van der Waals surface area contributed by atoms with Crippen LogP contribution in [0, 0.1) is 19.3 Å². The number of aryl methyl sites for hydroxylation is 2. The number of phenolic OH excluding ortho intramolecular Hbond substituents is 1. The molecule has 4 nitrogen and oxygen atoms in total. The van der Waals surface area contributed by atoms with Crippen molar-refractivity contribution >= 4 is 29.3 Å². The molecule has 2 aromatic rings. The van der Waals surface area contributed by atoms with Crippen LogP contribution < -0.4 is 14.8 Å². The molecular weight excluding hydrogens is 310 g/mol. The van der Waals surface area contributed by atoms with Gasteiger partial charge in [-0.2, -0.15) is 0 Å². The molecule has 0 spiro atoms. The normalized spacial score (nSPS) is 13.6. The minimum Gasteiger partial charge on any atom is -0.507 e. The van der Waals surface area contributed by atoms with Crippen LogP contribution >= 0.6 is 11.3 Å². The molecule has 0 aliphatic heterocycles. The summed E-state index contributed by atoms with van der Waals surface area (Å²) in [5.74, 6) is 0.241. The molecule has 1 aromatic carbocycles. The first-order chi connectivity index (χ1) is 10.6. The molecule has 0 atom stereocenters. The average molecular weight is 331 g/mol. The number of phenols is 1. The van der Waals surface area contributed by atoms with Gasteiger partial charge in [-0.1, -0.05) is 20.8 Å². The molecule has 0 unspecified atom stereocenters. The number of benzene rings is 1. The second kappa shape index (κ2) is 6.16. The Balaban J connectivity index is 2.53. The number of nitrogens with one attached hydrogen (secondary N) is 1. The fourth-order valence-corrected chi connectivity index (χ4v) is 2.97. The second-order valence-corrected chi connectivity index (χ2v) is 7.77. The molecule has 0 saturated heterocycles. The number of aromatic nitrogens is 1. The Hall–Kier alpha value is -2.14. The number of hydrogen-bond acceptors (Lipinski definition) is 4. The van der Waals surface area contributed by atoms with Gasteiger partial charge in [0.1, 0.15) is 5.75 Å². The molecule has 2 rings (SSSR count). The maximum atomic E-state index is 12.1. The number of aromatic amines is 1. The first-order valence-corrected chi connectivity index (χ1v) is 8.17. The molecule has 0 aliphatic rings. The molecule has 0 amide bonds. The molecule has 0 radical (unpaired) electrons. The lowest BCUT2D eigenvalue weighted by Gasteiger charge is -2.12.